The molecule has 0 spiro atoms. The van der Waals surface area contributed by atoms with Crippen LogP contribution < -0.4 is 15.8 Å². The molecule has 3 rings (SSSR count). The fourth-order valence-electron chi connectivity index (χ4n) is 3.21. The lowest BCUT2D eigenvalue weighted by molar-refractivity contribution is -0.125. The van der Waals surface area contributed by atoms with Crippen molar-refractivity contribution >= 4 is 11.6 Å². The maximum absolute atomic E-state index is 12.5. The van der Waals surface area contributed by atoms with Crippen LogP contribution in [0.1, 0.15) is 29.5 Å². The van der Waals surface area contributed by atoms with Gasteiger partial charge in [0.05, 0.1) is 17.8 Å². The summed E-state index contributed by atoms with van der Waals surface area (Å²) in [5.74, 6) is 0.000288. The zero-order valence-electron chi connectivity index (χ0n) is 14.7. The first-order chi connectivity index (χ1) is 12.0. The predicted molar refractivity (Wildman–Crippen MR) is 97.6 cm³/mol. The van der Waals surface area contributed by atoms with Crippen molar-refractivity contribution in [2.45, 2.75) is 33.2 Å². The summed E-state index contributed by atoms with van der Waals surface area (Å²) in [5.41, 5.74) is 4.15. The molecule has 25 heavy (non-hydrogen) atoms. The Bertz CT molecular complexity index is 815. The van der Waals surface area contributed by atoms with Crippen LogP contribution in [0.5, 0.6) is 0 Å². The monoisotopic (exact) mass is 340 g/mol. The summed E-state index contributed by atoms with van der Waals surface area (Å²) >= 11 is 0. The summed E-state index contributed by atoms with van der Waals surface area (Å²) in [5, 5.41) is 9.27. The number of aromatic amines is 1. The lowest BCUT2D eigenvalue weighted by Gasteiger charge is -2.33. The first-order valence-corrected chi connectivity index (χ1v) is 8.66. The van der Waals surface area contributed by atoms with Crippen molar-refractivity contribution in [2.24, 2.45) is 5.92 Å². The fourth-order valence-corrected chi connectivity index (χ4v) is 3.21. The highest BCUT2D eigenvalue weighted by Crippen LogP contribution is 2.21. The zero-order chi connectivity index (χ0) is 17.8. The fraction of sp³-hybridized carbons (Fsp3) is 0.421. The number of aromatic nitrogens is 2. The number of piperidine rings is 1. The topological polar surface area (TPSA) is 78.1 Å². The maximum atomic E-state index is 12.5. The number of hydrogen-bond donors (Lipinski definition) is 2. The molecule has 0 bridgehead atoms. The highest BCUT2D eigenvalue weighted by Gasteiger charge is 2.26. The van der Waals surface area contributed by atoms with E-state index in [-0.39, 0.29) is 17.4 Å². The van der Waals surface area contributed by atoms with Crippen molar-refractivity contribution in [2.75, 3.05) is 18.0 Å². The van der Waals surface area contributed by atoms with E-state index in [0.717, 1.165) is 30.6 Å². The summed E-state index contributed by atoms with van der Waals surface area (Å²) < 4.78 is 0. The van der Waals surface area contributed by atoms with Gasteiger partial charge in [0.15, 0.2) is 0 Å². The predicted octanol–water partition coefficient (Wildman–Crippen LogP) is 1.92. The van der Waals surface area contributed by atoms with E-state index in [1.165, 1.54) is 17.2 Å². The van der Waals surface area contributed by atoms with Crippen LogP contribution in [-0.4, -0.2) is 29.2 Å². The SMILES string of the molecule is Cc1ccc(CNC(=O)[C@@H]2CCCN(c3cn[nH]c(=O)c3)C2)cc1C. The number of H-pyrrole nitrogens is 1. The van der Waals surface area contributed by atoms with Crippen LogP contribution in [0, 0.1) is 19.8 Å². The van der Waals surface area contributed by atoms with Crippen LogP contribution in [0.3, 0.4) is 0 Å². The second-order valence-corrected chi connectivity index (χ2v) is 6.73. The van der Waals surface area contributed by atoms with Crippen molar-refractivity contribution in [3.05, 3.63) is 57.5 Å². The first kappa shape index (κ1) is 17.2. The molecular weight excluding hydrogens is 316 g/mol. The average Bonchev–Trinajstić information content (AvgIpc) is 2.62. The van der Waals surface area contributed by atoms with Crippen LogP contribution in [0.2, 0.25) is 0 Å². The molecule has 0 unspecified atom stereocenters. The van der Waals surface area contributed by atoms with Gasteiger partial charge in [-0.15, -0.1) is 0 Å². The van der Waals surface area contributed by atoms with E-state index < -0.39 is 0 Å². The van der Waals surface area contributed by atoms with E-state index in [0.29, 0.717) is 13.1 Å². The minimum atomic E-state index is -0.223. The first-order valence-electron chi connectivity index (χ1n) is 8.66. The van der Waals surface area contributed by atoms with Crippen LogP contribution in [0.4, 0.5) is 5.69 Å². The molecule has 6 nitrogen and oxygen atoms in total. The molecule has 0 saturated carbocycles. The van der Waals surface area contributed by atoms with Crippen LogP contribution in [0.25, 0.3) is 0 Å². The number of carbonyl (C=O) groups is 1. The number of amides is 1. The molecule has 2 N–H and O–H groups in total. The smallest absolute Gasteiger partial charge is 0.266 e. The quantitative estimate of drug-likeness (QED) is 0.891. The number of hydrogen-bond acceptors (Lipinski definition) is 4. The molecular formula is C19H24N4O2. The van der Waals surface area contributed by atoms with Gasteiger partial charge in [-0.3, -0.25) is 9.59 Å². The summed E-state index contributed by atoms with van der Waals surface area (Å²) in [4.78, 5) is 26.0. The van der Waals surface area contributed by atoms with E-state index >= 15 is 0 Å². The van der Waals surface area contributed by atoms with Gasteiger partial charge >= 0.3 is 0 Å². The van der Waals surface area contributed by atoms with E-state index in [1.807, 2.05) is 0 Å². The van der Waals surface area contributed by atoms with Crippen molar-refractivity contribution in [1.82, 2.24) is 15.5 Å². The lowest BCUT2D eigenvalue weighted by Crippen LogP contribution is -2.43. The molecule has 1 fully saturated rings. The summed E-state index contributed by atoms with van der Waals surface area (Å²) in [6, 6.07) is 7.78. The standard InChI is InChI=1S/C19H24N4O2/c1-13-5-6-15(8-14(13)2)10-20-19(25)16-4-3-7-23(12-16)17-9-18(24)22-21-11-17/h5-6,8-9,11,16H,3-4,7,10,12H2,1-2H3,(H,20,25)(H,22,24)/t16-/m1/s1. The number of rotatable bonds is 4. The second-order valence-electron chi connectivity index (χ2n) is 6.73. The zero-order valence-corrected chi connectivity index (χ0v) is 14.7. The minimum absolute atomic E-state index is 0.0698. The Hall–Kier alpha value is -2.63. The molecule has 2 aromatic rings. The van der Waals surface area contributed by atoms with Gasteiger partial charge in [-0.1, -0.05) is 18.2 Å². The number of nitrogens with one attached hydrogen (secondary N) is 2. The molecule has 1 aliphatic rings. The van der Waals surface area contributed by atoms with E-state index in [1.54, 1.807) is 6.20 Å². The summed E-state index contributed by atoms with van der Waals surface area (Å²) in [7, 11) is 0. The number of anilines is 1. The highest BCUT2D eigenvalue weighted by atomic mass is 16.2. The van der Waals surface area contributed by atoms with Gasteiger partial charge in [0, 0.05) is 25.7 Å². The van der Waals surface area contributed by atoms with Crippen LogP contribution >= 0.6 is 0 Å². The Morgan fingerprint density at radius 2 is 2.16 bits per heavy atom. The molecule has 132 valence electrons. The van der Waals surface area contributed by atoms with Crippen molar-refractivity contribution < 1.29 is 4.79 Å². The second kappa shape index (κ2) is 7.51. The number of aryl methyl sites for hydroxylation is 2. The Morgan fingerprint density at radius 3 is 2.92 bits per heavy atom. The van der Waals surface area contributed by atoms with Gasteiger partial charge in [0.25, 0.3) is 5.56 Å². The Morgan fingerprint density at radius 1 is 1.32 bits per heavy atom. The largest absolute Gasteiger partial charge is 0.369 e. The number of benzene rings is 1. The molecule has 0 aliphatic carbocycles. The van der Waals surface area contributed by atoms with Crippen molar-refractivity contribution in [1.29, 1.82) is 0 Å². The molecule has 1 aliphatic heterocycles. The third kappa shape index (κ3) is 4.26. The van der Waals surface area contributed by atoms with E-state index in [9.17, 15) is 9.59 Å². The number of nitrogens with zero attached hydrogens (tertiary/aromatic N) is 2. The summed E-state index contributed by atoms with van der Waals surface area (Å²) in [6.45, 7) is 6.16. The van der Waals surface area contributed by atoms with E-state index in [4.69, 9.17) is 0 Å². The van der Waals surface area contributed by atoms with Gasteiger partial charge < -0.3 is 10.2 Å². The molecule has 2 heterocycles. The normalized spacial score (nSPS) is 17.4. The number of carbonyl (C=O) groups excluding carboxylic acids is 1. The Balaban J connectivity index is 1.60. The van der Waals surface area contributed by atoms with Crippen LogP contribution in [-0.2, 0) is 11.3 Å². The van der Waals surface area contributed by atoms with E-state index in [2.05, 4.69) is 52.5 Å². The third-order valence-electron chi connectivity index (χ3n) is 4.85. The molecule has 1 saturated heterocycles. The molecule has 1 atom stereocenters. The van der Waals surface area contributed by atoms with Gasteiger partial charge in [-0.2, -0.15) is 5.10 Å². The van der Waals surface area contributed by atoms with Crippen LogP contribution in [0.15, 0.2) is 35.3 Å². The molecule has 1 aromatic carbocycles. The molecule has 0 radical (unpaired) electrons. The minimum Gasteiger partial charge on any atom is -0.369 e. The average molecular weight is 340 g/mol. The van der Waals surface area contributed by atoms with Gasteiger partial charge in [0.1, 0.15) is 0 Å². The van der Waals surface area contributed by atoms with Gasteiger partial charge in [-0.25, -0.2) is 5.10 Å². The van der Waals surface area contributed by atoms with Crippen molar-refractivity contribution in [3.63, 3.8) is 0 Å². The third-order valence-corrected chi connectivity index (χ3v) is 4.85. The summed E-state index contributed by atoms with van der Waals surface area (Å²) in [6.07, 6.45) is 3.43. The van der Waals surface area contributed by atoms with Gasteiger partial charge in [0.2, 0.25) is 5.91 Å². The molecule has 1 aromatic heterocycles. The Labute approximate surface area is 147 Å². The van der Waals surface area contributed by atoms with Gasteiger partial charge in [-0.05, 0) is 43.4 Å². The lowest BCUT2D eigenvalue weighted by atomic mass is 9.96. The molecule has 6 heteroatoms. The maximum Gasteiger partial charge on any atom is 0.266 e. The highest BCUT2D eigenvalue weighted by molar-refractivity contribution is 5.79. The Kier molecular flexibility index (Phi) is 5.16. The molecule has 1 amide bonds. The van der Waals surface area contributed by atoms with Crippen molar-refractivity contribution in [3.8, 4) is 0 Å².